The third-order valence-corrected chi connectivity index (χ3v) is 8.66. The average molecular weight is 425 g/mol. The van der Waals surface area contributed by atoms with Crippen LogP contribution in [0.1, 0.15) is 54.4 Å². The second-order valence-corrected chi connectivity index (χ2v) is 10.7. The Morgan fingerprint density at radius 2 is 1.14 bits per heavy atom. The lowest BCUT2D eigenvalue weighted by Gasteiger charge is -2.12. The van der Waals surface area contributed by atoms with Crippen molar-refractivity contribution >= 4 is 32.7 Å². The molecule has 2 aromatic carbocycles. The van der Waals surface area contributed by atoms with Gasteiger partial charge < -0.3 is 9.47 Å². The molecular formula is C25H28O2S2. The second-order valence-electron chi connectivity index (χ2n) is 8.00. The Labute approximate surface area is 181 Å². The zero-order chi connectivity index (χ0) is 19.5. The Bertz CT molecular complexity index is 846. The van der Waals surface area contributed by atoms with E-state index in [1.807, 2.05) is 21.6 Å². The van der Waals surface area contributed by atoms with Crippen molar-refractivity contribution in [2.45, 2.75) is 44.9 Å². The predicted molar refractivity (Wildman–Crippen MR) is 126 cm³/mol. The molecule has 5 rings (SSSR count). The summed E-state index contributed by atoms with van der Waals surface area (Å²) in [6.45, 7) is 1.62. The summed E-state index contributed by atoms with van der Waals surface area (Å²) in [7, 11) is 3.95. The fourth-order valence-electron chi connectivity index (χ4n) is 4.58. The fraction of sp³-hybridized carbons (Fsp3) is 0.440. The van der Waals surface area contributed by atoms with Gasteiger partial charge in [-0.15, -0.1) is 0 Å². The highest BCUT2D eigenvalue weighted by molar-refractivity contribution is 8.76. The lowest BCUT2D eigenvalue weighted by Crippen LogP contribution is -1.99. The molecule has 2 nitrogen and oxygen atoms in total. The van der Waals surface area contributed by atoms with Gasteiger partial charge in [0.15, 0.2) is 0 Å². The molecule has 3 aliphatic rings. The number of rotatable bonds is 0. The SMILES string of the molecule is c1cc2c3cc1OCCCCSSCCCOc1ccc4c(c1)/C(=C\3CC2)CC4. The molecule has 1 aliphatic heterocycles. The van der Waals surface area contributed by atoms with Gasteiger partial charge in [0.1, 0.15) is 11.5 Å². The zero-order valence-electron chi connectivity index (χ0n) is 16.9. The second kappa shape index (κ2) is 9.09. The minimum absolute atomic E-state index is 0.804. The van der Waals surface area contributed by atoms with E-state index in [0.717, 1.165) is 69.0 Å². The van der Waals surface area contributed by atoms with Crippen LogP contribution in [0.4, 0.5) is 0 Å². The van der Waals surface area contributed by atoms with Gasteiger partial charge in [-0.05, 0) is 103 Å². The van der Waals surface area contributed by atoms with Gasteiger partial charge >= 0.3 is 0 Å². The largest absolute Gasteiger partial charge is 0.494 e. The van der Waals surface area contributed by atoms with Gasteiger partial charge in [-0.3, -0.25) is 0 Å². The first-order chi connectivity index (χ1) is 14.4. The lowest BCUT2D eigenvalue weighted by atomic mass is 9.97. The molecule has 0 amide bonds. The molecule has 0 spiro atoms. The van der Waals surface area contributed by atoms with Crippen molar-refractivity contribution in [1.82, 2.24) is 0 Å². The van der Waals surface area contributed by atoms with Crippen molar-refractivity contribution < 1.29 is 9.47 Å². The molecule has 152 valence electrons. The standard InChI is InChI=1S/C25H28O2S2/c1-2-14-28-29-15-3-13-27-21-9-5-19-7-11-23(25(19)17-21)22-10-6-18-4-8-20(26-12-1)16-24(18)22/h4-5,8-9,16-17H,1-3,6-7,10-15H2/b23-22-. The highest BCUT2D eigenvalue weighted by Crippen LogP contribution is 2.45. The number of aryl methyl sites for hydroxylation is 2. The van der Waals surface area contributed by atoms with E-state index in [9.17, 15) is 0 Å². The monoisotopic (exact) mass is 424 g/mol. The van der Waals surface area contributed by atoms with Crippen molar-refractivity contribution in [3.05, 3.63) is 58.7 Å². The van der Waals surface area contributed by atoms with Crippen LogP contribution in [0.25, 0.3) is 11.1 Å². The van der Waals surface area contributed by atoms with Crippen LogP contribution >= 0.6 is 21.6 Å². The number of allylic oxidation sites excluding steroid dienone is 2. The molecule has 0 saturated heterocycles. The minimum Gasteiger partial charge on any atom is -0.494 e. The summed E-state index contributed by atoms with van der Waals surface area (Å²) in [6, 6.07) is 13.5. The quantitative estimate of drug-likeness (QED) is 0.432. The Hall–Kier alpha value is -1.52. The molecule has 4 heteroatoms. The molecule has 0 aromatic heterocycles. The third kappa shape index (κ3) is 4.34. The molecule has 29 heavy (non-hydrogen) atoms. The maximum atomic E-state index is 6.11. The average Bonchev–Trinajstić information content (AvgIpc) is 3.34. The van der Waals surface area contributed by atoms with Crippen LogP contribution < -0.4 is 9.47 Å². The predicted octanol–water partition coefficient (Wildman–Crippen LogP) is 6.81. The summed E-state index contributed by atoms with van der Waals surface area (Å²) in [5, 5.41) is 0. The number of benzene rings is 2. The van der Waals surface area contributed by atoms with Crippen LogP contribution in [0.5, 0.6) is 11.5 Å². The fourth-order valence-corrected chi connectivity index (χ4v) is 6.79. The van der Waals surface area contributed by atoms with Gasteiger partial charge in [-0.2, -0.15) is 0 Å². The summed E-state index contributed by atoms with van der Waals surface area (Å²) in [6.07, 6.45) is 8.02. The van der Waals surface area contributed by atoms with Crippen LogP contribution in [0.15, 0.2) is 36.4 Å². The summed E-state index contributed by atoms with van der Waals surface area (Å²) < 4.78 is 12.2. The van der Waals surface area contributed by atoms with E-state index in [-0.39, 0.29) is 0 Å². The molecule has 0 unspecified atom stereocenters. The highest BCUT2D eigenvalue weighted by Gasteiger charge is 2.26. The number of fused-ring (bicyclic) bond motifs is 2. The first-order valence-corrected chi connectivity index (χ1v) is 13.4. The van der Waals surface area contributed by atoms with E-state index >= 15 is 0 Å². The van der Waals surface area contributed by atoms with E-state index in [2.05, 4.69) is 36.4 Å². The van der Waals surface area contributed by atoms with Crippen molar-refractivity contribution in [2.75, 3.05) is 24.7 Å². The summed E-state index contributed by atoms with van der Waals surface area (Å²) in [5.74, 6) is 4.39. The normalized spacial score (nSPS) is 22.2. The van der Waals surface area contributed by atoms with Gasteiger partial charge in [-0.25, -0.2) is 0 Å². The lowest BCUT2D eigenvalue weighted by molar-refractivity contribution is 0.310. The zero-order valence-corrected chi connectivity index (χ0v) is 18.5. The van der Waals surface area contributed by atoms with Gasteiger partial charge in [0.2, 0.25) is 0 Å². The minimum atomic E-state index is 0.804. The van der Waals surface area contributed by atoms with Crippen LogP contribution in [0.2, 0.25) is 0 Å². The highest BCUT2D eigenvalue weighted by atomic mass is 33.1. The van der Waals surface area contributed by atoms with Crippen molar-refractivity contribution in [1.29, 1.82) is 0 Å². The van der Waals surface area contributed by atoms with Crippen LogP contribution in [0, 0.1) is 0 Å². The smallest absolute Gasteiger partial charge is 0.119 e. The van der Waals surface area contributed by atoms with Crippen LogP contribution in [-0.4, -0.2) is 24.7 Å². The van der Waals surface area contributed by atoms with Gasteiger partial charge in [0, 0.05) is 11.5 Å². The third-order valence-electron chi connectivity index (χ3n) is 6.08. The van der Waals surface area contributed by atoms with Gasteiger partial charge in [-0.1, -0.05) is 33.7 Å². The Balaban J connectivity index is 1.48. The first kappa shape index (κ1) is 19.4. The van der Waals surface area contributed by atoms with Crippen molar-refractivity contribution in [2.24, 2.45) is 0 Å². The topological polar surface area (TPSA) is 18.5 Å². The Morgan fingerprint density at radius 1 is 0.586 bits per heavy atom. The van der Waals surface area contributed by atoms with Crippen LogP contribution in [-0.2, 0) is 12.8 Å². The molecule has 0 fully saturated rings. The molecule has 0 N–H and O–H groups in total. The maximum Gasteiger partial charge on any atom is 0.119 e. The van der Waals surface area contributed by atoms with E-state index in [4.69, 9.17) is 9.47 Å². The molecule has 0 atom stereocenters. The number of hydrogen-bond acceptors (Lipinski definition) is 4. The van der Waals surface area contributed by atoms with E-state index in [1.54, 1.807) is 0 Å². The van der Waals surface area contributed by atoms with E-state index in [1.165, 1.54) is 45.6 Å². The molecule has 4 bridgehead atoms. The molecule has 2 aromatic rings. The van der Waals surface area contributed by atoms with Crippen LogP contribution in [0.3, 0.4) is 0 Å². The van der Waals surface area contributed by atoms with E-state index in [0.29, 0.717) is 0 Å². The number of ether oxygens (including phenoxy) is 2. The summed E-state index contributed by atoms with van der Waals surface area (Å²) in [5.41, 5.74) is 8.85. The Kier molecular flexibility index (Phi) is 6.10. The molecular weight excluding hydrogens is 396 g/mol. The maximum absolute atomic E-state index is 6.11. The summed E-state index contributed by atoms with van der Waals surface area (Å²) in [4.78, 5) is 0. The van der Waals surface area contributed by atoms with E-state index < -0.39 is 0 Å². The van der Waals surface area contributed by atoms with Crippen molar-refractivity contribution in [3.8, 4) is 11.5 Å². The van der Waals surface area contributed by atoms with Gasteiger partial charge in [0.05, 0.1) is 13.2 Å². The first-order valence-electron chi connectivity index (χ1n) is 10.9. The molecule has 0 radical (unpaired) electrons. The molecule has 1 heterocycles. The molecule has 0 saturated carbocycles. The number of hydrogen-bond donors (Lipinski definition) is 0. The van der Waals surface area contributed by atoms with Crippen molar-refractivity contribution in [3.63, 3.8) is 0 Å². The molecule has 2 aliphatic carbocycles. The Morgan fingerprint density at radius 3 is 1.76 bits per heavy atom. The van der Waals surface area contributed by atoms with Gasteiger partial charge in [0.25, 0.3) is 0 Å². The summed E-state index contributed by atoms with van der Waals surface area (Å²) >= 11 is 0.